The van der Waals surface area contributed by atoms with Gasteiger partial charge in [0.05, 0.1) is 30.1 Å². The van der Waals surface area contributed by atoms with Gasteiger partial charge in [-0.15, -0.1) is 0 Å². The van der Waals surface area contributed by atoms with Crippen molar-refractivity contribution >= 4 is 21.7 Å². The van der Waals surface area contributed by atoms with Gasteiger partial charge in [-0.2, -0.15) is 5.26 Å². The number of esters is 1. The number of benzene rings is 2. The highest BCUT2D eigenvalue weighted by Crippen LogP contribution is 2.20. The number of methoxy groups -OCH3 is 1. The van der Waals surface area contributed by atoms with Gasteiger partial charge in [0.15, 0.2) is 0 Å². The quantitative estimate of drug-likeness (QED) is 0.841. The normalized spacial score (nSPS) is 10.7. The number of nitriles is 1. The van der Waals surface area contributed by atoms with Crippen LogP contribution in [0.3, 0.4) is 0 Å². The third-order valence-electron chi connectivity index (χ3n) is 3.41. The molecule has 24 heavy (non-hydrogen) atoms. The standard InChI is InChI=1S/C17H16N2O4S/c1-12-3-8-15(11-16(12)17(20)23-2)24(21,22)19-14-6-4-13(5-7-14)9-10-18/h3-8,11,19H,9H2,1-2H3. The van der Waals surface area contributed by atoms with Crippen LogP contribution in [0.1, 0.15) is 21.5 Å². The summed E-state index contributed by atoms with van der Waals surface area (Å²) in [6.45, 7) is 1.70. The van der Waals surface area contributed by atoms with Gasteiger partial charge in [-0.25, -0.2) is 13.2 Å². The molecular weight excluding hydrogens is 328 g/mol. The number of aryl methyl sites for hydroxylation is 1. The second-order valence-electron chi connectivity index (χ2n) is 5.11. The van der Waals surface area contributed by atoms with Gasteiger partial charge in [0.1, 0.15) is 0 Å². The molecule has 0 radical (unpaired) electrons. The topological polar surface area (TPSA) is 96.3 Å². The molecule has 0 bridgehead atoms. The number of carbonyl (C=O) groups excluding carboxylic acids is 1. The molecule has 2 aromatic carbocycles. The molecule has 0 saturated carbocycles. The molecule has 7 heteroatoms. The molecule has 0 heterocycles. The first kappa shape index (κ1) is 17.5. The molecule has 0 aliphatic rings. The van der Waals surface area contributed by atoms with E-state index in [0.29, 0.717) is 11.3 Å². The fourth-order valence-electron chi connectivity index (χ4n) is 2.09. The maximum atomic E-state index is 12.5. The average molecular weight is 344 g/mol. The van der Waals surface area contributed by atoms with Gasteiger partial charge in [0, 0.05) is 5.69 Å². The summed E-state index contributed by atoms with van der Waals surface area (Å²) in [6, 6.07) is 12.8. The molecular formula is C17H16N2O4S. The van der Waals surface area contributed by atoms with E-state index in [0.717, 1.165) is 5.56 Å². The molecule has 2 rings (SSSR count). The Morgan fingerprint density at radius 1 is 1.21 bits per heavy atom. The summed E-state index contributed by atoms with van der Waals surface area (Å²) in [5.74, 6) is -0.592. The number of nitrogens with zero attached hydrogens (tertiary/aromatic N) is 1. The van der Waals surface area contributed by atoms with Crippen LogP contribution in [0.25, 0.3) is 0 Å². The second kappa shape index (κ2) is 7.15. The second-order valence-corrected chi connectivity index (χ2v) is 6.79. The third-order valence-corrected chi connectivity index (χ3v) is 4.79. The summed E-state index contributed by atoms with van der Waals surface area (Å²) in [7, 11) is -2.60. The fraction of sp³-hybridized carbons (Fsp3) is 0.176. The monoisotopic (exact) mass is 344 g/mol. The maximum absolute atomic E-state index is 12.5. The molecule has 0 amide bonds. The van der Waals surface area contributed by atoms with Gasteiger partial charge in [-0.1, -0.05) is 18.2 Å². The molecule has 0 atom stereocenters. The Morgan fingerprint density at radius 2 is 1.88 bits per heavy atom. The Kier molecular flexibility index (Phi) is 5.21. The summed E-state index contributed by atoms with van der Waals surface area (Å²) in [5, 5.41) is 8.64. The van der Waals surface area contributed by atoms with Crippen molar-refractivity contribution in [3.63, 3.8) is 0 Å². The number of carbonyl (C=O) groups is 1. The largest absolute Gasteiger partial charge is 0.465 e. The number of hydrogen-bond acceptors (Lipinski definition) is 5. The SMILES string of the molecule is COC(=O)c1cc(S(=O)(=O)Nc2ccc(CC#N)cc2)ccc1C. The van der Waals surface area contributed by atoms with Crippen LogP contribution in [0.5, 0.6) is 0 Å². The smallest absolute Gasteiger partial charge is 0.338 e. The Morgan fingerprint density at radius 3 is 2.46 bits per heavy atom. The average Bonchev–Trinajstić information content (AvgIpc) is 2.56. The van der Waals surface area contributed by atoms with Gasteiger partial charge >= 0.3 is 5.97 Å². The molecule has 0 spiro atoms. The zero-order valence-electron chi connectivity index (χ0n) is 13.2. The molecule has 1 N–H and O–H groups in total. The van der Waals surface area contributed by atoms with Gasteiger partial charge in [-0.3, -0.25) is 4.72 Å². The number of sulfonamides is 1. The van der Waals surface area contributed by atoms with Crippen molar-refractivity contribution in [2.24, 2.45) is 0 Å². The molecule has 0 aliphatic heterocycles. The predicted molar refractivity (Wildman–Crippen MR) is 89.1 cm³/mol. The Bertz CT molecular complexity index is 897. The van der Waals surface area contributed by atoms with Crippen LogP contribution in [0, 0.1) is 18.3 Å². The number of hydrogen-bond donors (Lipinski definition) is 1. The van der Waals surface area contributed by atoms with Crippen molar-refractivity contribution < 1.29 is 17.9 Å². The van der Waals surface area contributed by atoms with Crippen LogP contribution in [-0.2, 0) is 21.2 Å². The summed E-state index contributed by atoms with van der Waals surface area (Å²) < 4.78 is 32.0. The first-order chi connectivity index (χ1) is 11.4. The van der Waals surface area contributed by atoms with E-state index < -0.39 is 16.0 Å². The highest BCUT2D eigenvalue weighted by Gasteiger charge is 2.18. The van der Waals surface area contributed by atoms with Crippen LogP contribution in [0.15, 0.2) is 47.4 Å². The van der Waals surface area contributed by atoms with Crippen molar-refractivity contribution in [3.05, 3.63) is 59.2 Å². The highest BCUT2D eigenvalue weighted by molar-refractivity contribution is 7.92. The summed E-state index contributed by atoms with van der Waals surface area (Å²) in [6.07, 6.45) is 0.257. The molecule has 0 fully saturated rings. The summed E-state index contributed by atoms with van der Waals surface area (Å²) in [4.78, 5) is 11.7. The lowest BCUT2D eigenvalue weighted by atomic mass is 10.1. The molecule has 0 saturated heterocycles. The maximum Gasteiger partial charge on any atom is 0.338 e. The molecule has 6 nitrogen and oxygen atoms in total. The van der Waals surface area contributed by atoms with Gasteiger partial charge in [-0.05, 0) is 42.3 Å². The zero-order chi connectivity index (χ0) is 17.7. The predicted octanol–water partition coefficient (Wildman–Crippen LogP) is 2.65. The van der Waals surface area contributed by atoms with Crippen LogP contribution in [0.2, 0.25) is 0 Å². The Labute approximate surface area is 140 Å². The first-order valence-corrected chi connectivity index (χ1v) is 8.53. The number of nitrogens with one attached hydrogen (secondary N) is 1. The lowest BCUT2D eigenvalue weighted by Gasteiger charge is -2.11. The highest BCUT2D eigenvalue weighted by atomic mass is 32.2. The van der Waals surface area contributed by atoms with Crippen molar-refractivity contribution in [2.45, 2.75) is 18.2 Å². The van der Waals surface area contributed by atoms with E-state index in [2.05, 4.69) is 9.46 Å². The fourth-order valence-corrected chi connectivity index (χ4v) is 3.18. The van der Waals surface area contributed by atoms with Crippen molar-refractivity contribution in [2.75, 3.05) is 11.8 Å². The van der Waals surface area contributed by atoms with E-state index in [1.54, 1.807) is 37.3 Å². The van der Waals surface area contributed by atoms with Crippen molar-refractivity contribution in [1.82, 2.24) is 0 Å². The van der Waals surface area contributed by atoms with Crippen LogP contribution >= 0.6 is 0 Å². The summed E-state index contributed by atoms with van der Waals surface area (Å²) >= 11 is 0. The van der Waals surface area contributed by atoms with E-state index >= 15 is 0 Å². The van der Waals surface area contributed by atoms with Crippen LogP contribution in [0.4, 0.5) is 5.69 Å². The number of anilines is 1. The van der Waals surface area contributed by atoms with E-state index in [9.17, 15) is 13.2 Å². The Balaban J connectivity index is 2.30. The molecule has 2 aromatic rings. The Hall–Kier alpha value is -2.85. The zero-order valence-corrected chi connectivity index (χ0v) is 14.1. The molecule has 0 unspecified atom stereocenters. The van der Waals surface area contributed by atoms with E-state index in [1.165, 1.54) is 19.2 Å². The van der Waals surface area contributed by atoms with E-state index in [4.69, 9.17) is 5.26 Å². The minimum absolute atomic E-state index is 0.0328. The minimum Gasteiger partial charge on any atom is -0.465 e. The number of ether oxygens (including phenoxy) is 1. The molecule has 0 aromatic heterocycles. The van der Waals surface area contributed by atoms with E-state index in [-0.39, 0.29) is 16.9 Å². The minimum atomic E-state index is -3.84. The van der Waals surface area contributed by atoms with Crippen molar-refractivity contribution in [1.29, 1.82) is 5.26 Å². The van der Waals surface area contributed by atoms with Gasteiger partial charge in [0.25, 0.3) is 10.0 Å². The lowest BCUT2D eigenvalue weighted by Crippen LogP contribution is -2.14. The van der Waals surface area contributed by atoms with Crippen LogP contribution < -0.4 is 4.72 Å². The number of rotatable bonds is 5. The summed E-state index contributed by atoms with van der Waals surface area (Å²) in [5.41, 5.74) is 1.99. The van der Waals surface area contributed by atoms with Crippen molar-refractivity contribution in [3.8, 4) is 6.07 Å². The third kappa shape index (κ3) is 3.91. The lowest BCUT2D eigenvalue weighted by molar-refractivity contribution is 0.0599. The molecule has 0 aliphatic carbocycles. The van der Waals surface area contributed by atoms with E-state index in [1.807, 2.05) is 6.07 Å². The van der Waals surface area contributed by atoms with Crippen LogP contribution in [-0.4, -0.2) is 21.5 Å². The molecule has 124 valence electrons. The first-order valence-electron chi connectivity index (χ1n) is 7.05. The van der Waals surface area contributed by atoms with Gasteiger partial charge < -0.3 is 4.74 Å². The van der Waals surface area contributed by atoms with Gasteiger partial charge in [0.2, 0.25) is 0 Å².